The van der Waals surface area contributed by atoms with Gasteiger partial charge in [0.1, 0.15) is 19.8 Å². The maximum absolute atomic E-state index is 12.9. The summed E-state index contributed by atoms with van der Waals surface area (Å²) in [5, 5.41) is 0. The molecule has 1 N–H and O–H groups in total. The molecule has 0 heterocycles. The molecule has 84 heavy (non-hydrogen) atoms. The molecular formula is C74H133NO8P+. The number of quaternary nitrogens is 1. The van der Waals surface area contributed by atoms with Crippen molar-refractivity contribution in [1.29, 1.82) is 0 Å². The van der Waals surface area contributed by atoms with E-state index in [1.54, 1.807) is 0 Å². The fraction of sp³-hybridized carbons (Fsp3) is 0.757. The van der Waals surface area contributed by atoms with Crippen LogP contribution in [0.4, 0.5) is 0 Å². The van der Waals surface area contributed by atoms with Crippen LogP contribution in [-0.4, -0.2) is 74.9 Å². The molecule has 0 bridgehead atoms. The van der Waals surface area contributed by atoms with Gasteiger partial charge in [0.15, 0.2) is 6.10 Å². The van der Waals surface area contributed by atoms with E-state index in [4.69, 9.17) is 18.5 Å². The monoisotopic (exact) mass is 1190 g/mol. The first-order valence-corrected chi connectivity index (χ1v) is 36.5. The molecule has 0 aromatic heterocycles. The largest absolute Gasteiger partial charge is 0.472 e. The Morgan fingerprint density at radius 2 is 0.679 bits per heavy atom. The second-order valence-electron chi connectivity index (χ2n) is 24.5. The molecule has 10 heteroatoms. The Bertz CT molecular complexity index is 1740. The van der Waals surface area contributed by atoms with Gasteiger partial charge in [-0.05, 0) is 96.3 Å². The molecule has 0 aliphatic carbocycles. The van der Waals surface area contributed by atoms with Crippen molar-refractivity contribution < 1.29 is 42.1 Å². The van der Waals surface area contributed by atoms with Crippen molar-refractivity contribution in [2.24, 2.45) is 0 Å². The Balaban J connectivity index is 4.07. The van der Waals surface area contributed by atoms with E-state index in [-0.39, 0.29) is 32.0 Å². The van der Waals surface area contributed by atoms with E-state index in [2.05, 4.69) is 111 Å². The SMILES string of the molecule is CC/C=C\C/C=C\C/C=C\C/C=C\C/C=C\C/C=C\C/C=C\CCCCCCCC(=O)OC(COC(=O)CCCCCCCCCCCCCCCCCCCCCCC/C=C\CCCCCCCCCC)COP(=O)(O)OCC[N+](C)(C)C. The molecule has 0 aliphatic rings. The first-order chi connectivity index (χ1) is 41.0. The first kappa shape index (κ1) is 80.9. The Morgan fingerprint density at radius 1 is 0.381 bits per heavy atom. The number of esters is 2. The van der Waals surface area contributed by atoms with Crippen molar-refractivity contribution in [2.75, 3.05) is 47.5 Å². The molecule has 0 radical (unpaired) electrons. The van der Waals surface area contributed by atoms with Crippen LogP contribution >= 0.6 is 7.82 Å². The van der Waals surface area contributed by atoms with Gasteiger partial charge < -0.3 is 18.9 Å². The van der Waals surface area contributed by atoms with E-state index < -0.39 is 26.5 Å². The molecule has 9 nitrogen and oxygen atoms in total. The fourth-order valence-electron chi connectivity index (χ4n) is 9.76. The summed E-state index contributed by atoms with van der Waals surface area (Å²) >= 11 is 0. The number of carbonyl (C=O) groups is 2. The molecule has 0 fully saturated rings. The zero-order valence-electron chi connectivity index (χ0n) is 55.4. The van der Waals surface area contributed by atoms with Crippen LogP contribution in [0.15, 0.2) is 97.2 Å². The van der Waals surface area contributed by atoms with Crippen LogP contribution in [-0.2, 0) is 32.7 Å². The lowest BCUT2D eigenvalue weighted by molar-refractivity contribution is -0.870. The number of likely N-dealkylation sites (N-methyl/N-ethyl adjacent to an activating group) is 1. The smallest absolute Gasteiger partial charge is 0.462 e. The molecule has 0 rings (SSSR count). The van der Waals surface area contributed by atoms with Gasteiger partial charge in [-0.15, -0.1) is 0 Å². The van der Waals surface area contributed by atoms with Crippen LogP contribution in [0.5, 0.6) is 0 Å². The van der Waals surface area contributed by atoms with Gasteiger partial charge in [-0.1, -0.05) is 297 Å². The molecule has 0 aliphatic heterocycles. The Labute approximate surface area is 519 Å². The highest BCUT2D eigenvalue weighted by Crippen LogP contribution is 2.43. The van der Waals surface area contributed by atoms with Crippen LogP contribution in [0.3, 0.4) is 0 Å². The topological polar surface area (TPSA) is 108 Å². The molecule has 2 unspecified atom stereocenters. The molecule has 0 saturated heterocycles. The minimum Gasteiger partial charge on any atom is -0.462 e. The average Bonchev–Trinajstić information content (AvgIpc) is 3.61. The van der Waals surface area contributed by atoms with E-state index in [9.17, 15) is 19.0 Å². The number of phosphoric ester groups is 1. The fourth-order valence-corrected chi connectivity index (χ4v) is 10.5. The number of hydrogen-bond donors (Lipinski definition) is 1. The molecule has 486 valence electrons. The van der Waals surface area contributed by atoms with E-state index in [1.807, 2.05) is 21.1 Å². The Hall–Kier alpha value is -3.07. The van der Waals surface area contributed by atoms with Crippen molar-refractivity contribution in [3.8, 4) is 0 Å². The van der Waals surface area contributed by atoms with Crippen LogP contribution in [0.25, 0.3) is 0 Å². The third-order valence-corrected chi connectivity index (χ3v) is 16.1. The quantitative estimate of drug-likeness (QED) is 0.0211. The van der Waals surface area contributed by atoms with Gasteiger partial charge in [0.25, 0.3) is 0 Å². The van der Waals surface area contributed by atoms with Gasteiger partial charge in [-0.25, -0.2) is 4.57 Å². The molecule has 0 spiro atoms. The maximum Gasteiger partial charge on any atom is 0.472 e. The number of carbonyl (C=O) groups excluding carboxylic acids is 2. The predicted octanol–water partition coefficient (Wildman–Crippen LogP) is 22.7. The standard InChI is InChI=1S/C74H132NO8P/c1-6-8-10-12-14-16-18-20-22-24-26-28-30-32-34-35-36-37-38-39-41-42-44-46-48-50-52-54-56-58-60-62-64-66-73(76)80-70-72(71-82-84(78,79)81-69-68-75(3,4)5)83-74(77)67-65-63-61-59-57-55-53-51-49-47-45-43-40-33-31-29-27-25-23-21-19-17-15-13-11-9-7-2/h9,11,15,17,21,23-24,26-27,29,33,40,45,47,51,53,72H,6-8,10,12-14,16,18-20,22,25,28,30-32,34-39,41-44,46,48-50,52,54-71H2,1-5H3/p+1/b11-9-,17-15-,23-21-,26-24-,29-27-,40-33-,47-45-,53-51-. The molecule has 2 atom stereocenters. The summed E-state index contributed by atoms with van der Waals surface area (Å²) in [5.41, 5.74) is 0. The summed E-state index contributed by atoms with van der Waals surface area (Å²) in [4.78, 5) is 35.9. The van der Waals surface area contributed by atoms with E-state index in [0.717, 1.165) is 96.3 Å². The van der Waals surface area contributed by atoms with Crippen LogP contribution < -0.4 is 0 Å². The van der Waals surface area contributed by atoms with E-state index in [1.165, 1.54) is 180 Å². The van der Waals surface area contributed by atoms with Crippen molar-refractivity contribution in [2.45, 2.75) is 315 Å². The lowest BCUT2D eigenvalue weighted by atomic mass is 10.0. The summed E-state index contributed by atoms with van der Waals surface area (Å²) in [6.07, 6.45) is 89.5. The van der Waals surface area contributed by atoms with Gasteiger partial charge in [0, 0.05) is 12.8 Å². The van der Waals surface area contributed by atoms with E-state index in [0.29, 0.717) is 17.4 Å². The third kappa shape index (κ3) is 68.0. The molecule has 0 aromatic carbocycles. The number of ether oxygens (including phenoxy) is 2. The lowest BCUT2D eigenvalue weighted by Crippen LogP contribution is -2.37. The maximum atomic E-state index is 12.9. The lowest BCUT2D eigenvalue weighted by Gasteiger charge is -2.24. The summed E-state index contributed by atoms with van der Waals surface area (Å²) in [6.45, 7) is 4.32. The van der Waals surface area contributed by atoms with Gasteiger partial charge in [0.2, 0.25) is 0 Å². The number of phosphoric acid groups is 1. The Kier molecular flexibility index (Phi) is 62.1. The normalized spacial score (nSPS) is 13.7. The summed E-state index contributed by atoms with van der Waals surface area (Å²) < 4.78 is 34.7. The molecule has 0 amide bonds. The van der Waals surface area contributed by atoms with Crippen LogP contribution in [0.2, 0.25) is 0 Å². The average molecular weight is 1200 g/mol. The molecule has 0 saturated carbocycles. The number of hydrogen-bond acceptors (Lipinski definition) is 7. The van der Waals surface area contributed by atoms with Crippen molar-refractivity contribution >= 4 is 19.8 Å². The van der Waals surface area contributed by atoms with Crippen LogP contribution in [0, 0.1) is 0 Å². The number of rotatable bonds is 64. The summed E-state index contributed by atoms with van der Waals surface area (Å²) in [7, 11) is 1.46. The summed E-state index contributed by atoms with van der Waals surface area (Å²) in [6, 6.07) is 0. The van der Waals surface area contributed by atoms with Crippen molar-refractivity contribution in [3.63, 3.8) is 0 Å². The second-order valence-corrected chi connectivity index (χ2v) is 26.0. The highest BCUT2D eigenvalue weighted by molar-refractivity contribution is 7.47. The van der Waals surface area contributed by atoms with Gasteiger partial charge in [0.05, 0.1) is 27.7 Å². The minimum absolute atomic E-state index is 0.0240. The van der Waals surface area contributed by atoms with Gasteiger partial charge in [-0.2, -0.15) is 0 Å². The first-order valence-electron chi connectivity index (χ1n) is 35.0. The number of nitrogens with zero attached hydrogens (tertiary/aromatic N) is 1. The van der Waals surface area contributed by atoms with E-state index >= 15 is 0 Å². The molecule has 0 aromatic rings. The number of allylic oxidation sites excluding steroid dienone is 16. The van der Waals surface area contributed by atoms with Gasteiger partial charge >= 0.3 is 19.8 Å². The highest BCUT2D eigenvalue weighted by Gasteiger charge is 2.27. The van der Waals surface area contributed by atoms with Crippen molar-refractivity contribution in [3.05, 3.63) is 97.2 Å². The minimum atomic E-state index is -4.40. The van der Waals surface area contributed by atoms with Crippen LogP contribution in [0.1, 0.15) is 309 Å². The highest BCUT2D eigenvalue weighted by atomic mass is 31.2. The van der Waals surface area contributed by atoms with Crippen molar-refractivity contribution in [1.82, 2.24) is 0 Å². The second kappa shape index (κ2) is 64.4. The number of unbranched alkanes of at least 4 members (excludes halogenated alkanes) is 34. The Morgan fingerprint density at radius 3 is 1.02 bits per heavy atom. The zero-order valence-corrected chi connectivity index (χ0v) is 56.3. The zero-order chi connectivity index (χ0) is 61.2. The predicted molar refractivity (Wildman–Crippen MR) is 362 cm³/mol. The third-order valence-electron chi connectivity index (χ3n) is 15.1. The molecular weight excluding hydrogens is 1060 g/mol. The summed E-state index contributed by atoms with van der Waals surface area (Å²) in [5.74, 6) is -0.814. The van der Waals surface area contributed by atoms with Gasteiger partial charge in [-0.3, -0.25) is 18.6 Å².